The molecule has 0 aliphatic heterocycles. The van der Waals surface area contributed by atoms with Gasteiger partial charge in [-0.15, -0.1) is 4.91 Å². The highest BCUT2D eigenvalue weighted by molar-refractivity contribution is 6.02. The van der Waals surface area contributed by atoms with Crippen molar-refractivity contribution in [1.82, 2.24) is 5.32 Å². The quantitative estimate of drug-likeness (QED) is 0.226. The van der Waals surface area contributed by atoms with E-state index in [2.05, 4.69) is 10.5 Å². The second-order valence-electron chi connectivity index (χ2n) is 8.79. The predicted molar refractivity (Wildman–Crippen MR) is 146 cm³/mol. The Kier molecular flexibility index (Phi) is 9.10. The number of Topliss-reactive ketones (excluding diaryl/α,β-unsaturated/α-hetero) is 1. The van der Waals surface area contributed by atoms with Crippen LogP contribution in [0.3, 0.4) is 0 Å². The van der Waals surface area contributed by atoms with Crippen LogP contribution in [0.15, 0.2) is 108 Å². The van der Waals surface area contributed by atoms with Crippen molar-refractivity contribution in [2.45, 2.75) is 26.0 Å². The molecule has 1 unspecified atom stereocenters. The first-order chi connectivity index (χ1) is 18.5. The van der Waals surface area contributed by atoms with E-state index >= 15 is 0 Å². The number of ketones is 1. The van der Waals surface area contributed by atoms with Crippen LogP contribution in [0.5, 0.6) is 11.5 Å². The standard InChI is InChI=1S/C31H28N2O5/c1-22-9-8-14-27(30(22)33-36)31(35)32-28(21-37-20-24-10-4-2-5-11-24)29(34)19-23-15-17-26(18-16-23)38-25-12-6-3-7-13-25/h2-18,28H,19-21H2,1H3,(H,32,35). The van der Waals surface area contributed by atoms with Gasteiger partial charge in [0.2, 0.25) is 0 Å². The van der Waals surface area contributed by atoms with Crippen LogP contribution in [-0.2, 0) is 22.6 Å². The van der Waals surface area contributed by atoms with E-state index < -0.39 is 11.9 Å². The van der Waals surface area contributed by atoms with Crippen LogP contribution in [0.25, 0.3) is 0 Å². The molecule has 0 spiro atoms. The minimum absolute atomic E-state index is 0.0235. The number of carbonyl (C=O) groups excluding carboxylic acids is 2. The zero-order valence-corrected chi connectivity index (χ0v) is 21.0. The van der Waals surface area contributed by atoms with Gasteiger partial charge in [0.05, 0.1) is 18.8 Å². The van der Waals surface area contributed by atoms with Gasteiger partial charge in [0.25, 0.3) is 5.91 Å². The SMILES string of the molecule is Cc1cccc(C(=O)NC(COCc2ccccc2)C(=O)Cc2ccc(Oc3ccccc3)cc2)c1N=O. The van der Waals surface area contributed by atoms with Crippen LogP contribution in [0.4, 0.5) is 5.69 Å². The minimum Gasteiger partial charge on any atom is -0.457 e. The Morgan fingerprint density at radius 2 is 1.45 bits per heavy atom. The molecule has 7 nitrogen and oxygen atoms in total. The molecule has 0 heterocycles. The van der Waals surface area contributed by atoms with Crippen molar-refractivity contribution < 1.29 is 19.1 Å². The summed E-state index contributed by atoms with van der Waals surface area (Å²) in [5.41, 5.74) is 2.46. The lowest BCUT2D eigenvalue weighted by Crippen LogP contribution is -2.44. The summed E-state index contributed by atoms with van der Waals surface area (Å²) < 4.78 is 11.6. The van der Waals surface area contributed by atoms with Crippen LogP contribution in [0.2, 0.25) is 0 Å². The van der Waals surface area contributed by atoms with Crippen molar-refractivity contribution in [3.63, 3.8) is 0 Å². The normalized spacial score (nSPS) is 11.4. The Labute approximate surface area is 221 Å². The number of benzene rings is 4. The molecule has 4 aromatic rings. The molecule has 0 fully saturated rings. The van der Waals surface area contributed by atoms with Crippen LogP contribution in [-0.4, -0.2) is 24.3 Å². The second kappa shape index (κ2) is 13.1. The Bertz CT molecular complexity index is 1370. The first kappa shape index (κ1) is 26.4. The zero-order valence-electron chi connectivity index (χ0n) is 21.0. The van der Waals surface area contributed by atoms with Crippen molar-refractivity contribution in [2.24, 2.45) is 5.18 Å². The van der Waals surface area contributed by atoms with Gasteiger partial charge in [-0.2, -0.15) is 0 Å². The topological polar surface area (TPSA) is 94.1 Å². The lowest BCUT2D eigenvalue weighted by Gasteiger charge is -2.19. The summed E-state index contributed by atoms with van der Waals surface area (Å²) in [5, 5.41) is 5.76. The van der Waals surface area contributed by atoms with E-state index in [1.165, 1.54) is 6.07 Å². The molecule has 1 amide bonds. The van der Waals surface area contributed by atoms with E-state index in [9.17, 15) is 14.5 Å². The Morgan fingerprint density at radius 3 is 2.13 bits per heavy atom. The lowest BCUT2D eigenvalue weighted by molar-refractivity contribution is -0.121. The molecule has 1 N–H and O–H groups in total. The van der Waals surface area contributed by atoms with Gasteiger partial charge < -0.3 is 14.8 Å². The average molecular weight is 509 g/mol. The molecule has 0 saturated heterocycles. The van der Waals surface area contributed by atoms with Crippen LogP contribution >= 0.6 is 0 Å². The summed E-state index contributed by atoms with van der Waals surface area (Å²) in [5.74, 6) is 0.583. The number of nitrogens with one attached hydrogen (secondary N) is 1. The molecule has 0 radical (unpaired) electrons. The van der Waals surface area contributed by atoms with Gasteiger partial charge in [-0.3, -0.25) is 9.59 Å². The van der Waals surface area contributed by atoms with Crippen molar-refractivity contribution in [3.8, 4) is 11.5 Å². The molecule has 4 rings (SSSR count). The number of nitroso groups, excluding NO2 is 1. The second-order valence-corrected chi connectivity index (χ2v) is 8.79. The molecule has 0 saturated carbocycles. The molecule has 0 aliphatic rings. The van der Waals surface area contributed by atoms with Gasteiger partial charge in [0.1, 0.15) is 23.2 Å². The summed E-state index contributed by atoms with van der Waals surface area (Å²) in [6, 6.07) is 30.1. The third-order valence-electron chi connectivity index (χ3n) is 5.94. The summed E-state index contributed by atoms with van der Waals surface area (Å²) in [7, 11) is 0. The zero-order chi connectivity index (χ0) is 26.7. The fourth-order valence-electron chi connectivity index (χ4n) is 3.91. The van der Waals surface area contributed by atoms with Gasteiger partial charge in [-0.05, 0) is 59.1 Å². The molecule has 38 heavy (non-hydrogen) atoms. The van der Waals surface area contributed by atoms with Crippen LogP contribution in [0.1, 0.15) is 27.0 Å². The molecular weight excluding hydrogens is 480 g/mol. The summed E-state index contributed by atoms with van der Waals surface area (Å²) >= 11 is 0. The van der Waals surface area contributed by atoms with Crippen molar-refractivity contribution >= 4 is 17.4 Å². The van der Waals surface area contributed by atoms with Gasteiger partial charge in [0, 0.05) is 6.42 Å². The number of hydrogen-bond donors (Lipinski definition) is 1. The maximum Gasteiger partial charge on any atom is 0.254 e. The maximum absolute atomic E-state index is 13.3. The fourth-order valence-corrected chi connectivity index (χ4v) is 3.91. The molecule has 4 aromatic carbocycles. The molecule has 0 bridgehead atoms. The lowest BCUT2D eigenvalue weighted by atomic mass is 10.0. The summed E-state index contributed by atoms with van der Waals surface area (Å²) in [6.45, 7) is 1.96. The highest BCUT2D eigenvalue weighted by Crippen LogP contribution is 2.24. The highest BCUT2D eigenvalue weighted by Gasteiger charge is 2.24. The third-order valence-corrected chi connectivity index (χ3v) is 5.94. The van der Waals surface area contributed by atoms with Crippen LogP contribution in [0, 0.1) is 11.8 Å². The fraction of sp³-hybridized carbons (Fsp3) is 0.161. The third kappa shape index (κ3) is 7.21. The Balaban J connectivity index is 1.45. The number of para-hydroxylation sites is 1. The number of nitrogens with zero attached hydrogens (tertiary/aromatic N) is 1. The number of carbonyl (C=O) groups is 2. The number of rotatable bonds is 12. The van der Waals surface area contributed by atoms with Crippen LogP contribution < -0.4 is 10.1 Å². The molecule has 0 aliphatic carbocycles. The number of hydrogen-bond acceptors (Lipinski definition) is 6. The van der Waals surface area contributed by atoms with E-state index in [0.29, 0.717) is 11.3 Å². The average Bonchev–Trinajstić information content (AvgIpc) is 2.94. The number of ether oxygens (including phenoxy) is 2. The predicted octanol–water partition coefficient (Wildman–Crippen LogP) is 6.31. The molecule has 7 heteroatoms. The Morgan fingerprint density at radius 1 is 0.789 bits per heavy atom. The largest absolute Gasteiger partial charge is 0.457 e. The smallest absolute Gasteiger partial charge is 0.254 e. The number of amides is 1. The van der Waals surface area contributed by atoms with E-state index in [4.69, 9.17) is 9.47 Å². The summed E-state index contributed by atoms with van der Waals surface area (Å²) in [4.78, 5) is 37.7. The minimum atomic E-state index is -0.925. The molecule has 0 aromatic heterocycles. The molecule has 1 atom stereocenters. The molecular formula is C31H28N2O5. The van der Waals surface area contributed by atoms with Gasteiger partial charge in [-0.1, -0.05) is 72.8 Å². The van der Waals surface area contributed by atoms with E-state index in [-0.39, 0.29) is 36.7 Å². The van der Waals surface area contributed by atoms with E-state index in [1.807, 2.05) is 72.8 Å². The van der Waals surface area contributed by atoms with Gasteiger partial charge in [-0.25, -0.2) is 0 Å². The highest BCUT2D eigenvalue weighted by atomic mass is 16.5. The van der Waals surface area contributed by atoms with Crippen molar-refractivity contribution in [3.05, 3.63) is 130 Å². The van der Waals surface area contributed by atoms with E-state index in [0.717, 1.165) is 16.9 Å². The monoisotopic (exact) mass is 508 g/mol. The molecule has 192 valence electrons. The van der Waals surface area contributed by atoms with Crippen molar-refractivity contribution in [1.29, 1.82) is 0 Å². The first-order valence-electron chi connectivity index (χ1n) is 12.2. The van der Waals surface area contributed by atoms with Gasteiger partial charge >= 0.3 is 0 Å². The van der Waals surface area contributed by atoms with E-state index in [1.54, 1.807) is 31.2 Å². The van der Waals surface area contributed by atoms with Crippen molar-refractivity contribution in [2.75, 3.05) is 6.61 Å². The number of aryl methyl sites for hydroxylation is 1. The first-order valence-corrected chi connectivity index (χ1v) is 12.2. The summed E-state index contributed by atoms with van der Waals surface area (Å²) in [6.07, 6.45) is 0.0812. The Hall–Kier alpha value is -4.62. The maximum atomic E-state index is 13.3. The van der Waals surface area contributed by atoms with Gasteiger partial charge in [0.15, 0.2) is 5.78 Å².